The minimum atomic E-state index is -0.346. The molecule has 0 atom stereocenters. The zero-order valence-electron chi connectivity index (χ0n) is 14.8. The van der Waals surface area contributed by atoms with Crippen molar-refractivity contribution in [3.63, 3.8) is 0 Å². The maximum absolute atomic E-state index is 12.6. The molecule has 3 aromatic carbocycles. The van der Waals surface area contributed by atoms with Gasteiger partial charge in [-0.25, -0.2) is 0 Å². The van der Waals surface area contributed by atoms with Gasteiger partial charge in [0.25, 0.3) is 5.91 Å². The molecule has 0 aliphatic rings. The van der Waals surface area contributed by atoms with Crippen molar-refractivity contribution in [3.05, 3.63) is 90.0 Å². The molecule has 0 saturated carbocycles. The Hall–Kier alpha value is -3.60. The molecule has 3 rings (SSSR count). The number of para-hydroxylation sites is 1. The van der Waals surface area contributed by atoms with Crippen molar-refractivity contribution in [2.45, 2.75) is 0 Å². The van der Waals surface area contributed by atoms with Crippen LogP contribution >= 0.6 is 0 Å². The minimum absolute atomic E-state index is 0.130. The van der Waals surface area contributed by atoms with E-state index < -0.39 is 0 Å². The lowest BCUT2D eigenvalue weighted by molar-refractivity contribution is -0.118. The highest BCUT2D eigenvalue weighted by Gasteiger charge is 2.14. The average molecular weight is 361 g/mol. The van der Waals surface area contributed by atoms with Gasteiger partial charge in [0.05, 0.1) is 12.8 Å². The summed E-state index contributed by atoms with van der Waals surface area (Å²) < 4.78 is 10.7. The van der Waals surface area contributed by atoms with Crippen molar-refractivity contribution < 1.29 is 19.1 Å². The molecule has 1 amide bonds. The lowest BCUT2D eigenvalue weighted by Gasteiger charge is -2.12. The predicted molar refractivity (Wildman–Crippen MR) is 103 cm³/mol. The van der Waals surface area contributed by atoms with E-state index in [1.165, 1.54) is 7.11 Å². The van der Waals surface area contributed by atoms with Crippen LogP contribution < -0.4 is 14.8 Å². The van der Waals surface area contributed by atoms with Gasteiger partial charge in [-0.1, -0.05) is 48.5 Å². The number of rotatable bonds is 7. The Kier molecular flexibility index (Phi) is 5.84. The summed E-state index contributed by atoms with van der Waals surface area (Å²) in [6.45, 7) is -0.149. The van der Waals surface area contributed by atoms with E-state index in [0.717, 1.165) is 0 Å². The van der Waals surface area contributed by atoms with Crippen LogP contribution in [-0.2, 0) is 4.79 Å². The molecule has 0 fully saturated rings. The zero-order valence-corrected chi connectivity index (χ0v) is 14.8. The topological polar surface area (TPSA) is 64.6 Å². The third-order valence-corrected chi connectivity index (χ3v) is 3.88. The Morgan fingerprint density at radius 1 is 0.852 bits per heavy atom. The SMILES string of the molecule is COc1ccc(C(=O)c2ccccc2)cc1NC(=O)COc1ccccc1. The van der Waals surface area contributed by atoms with Crippen LogP contribution in [0.15, 0.2) is 78.9 Å². The highest BCUT2D eigenvalue weighted by atomic mass is 16.5. The van der Waals surface area contributed by atoms with Crippen LogP contribution in [-0.4, -0.2) is 25.4 Å². The molecule has 0 radical (unpaired) electrons. The summed E-state index contributed by atoms with van der Waals surface area (Å²) in [5.74, 6) is 0.594. The Balaban J connectivity index is 1.73. The highest BCUT2D eigenvalue weighted by Crippen LogP contribution is 2.26. The summed E-state index contributed by atoms with van der Waals surface area (Å²) in [5, 5.41) is 2.74. The molecule has 5 nitrogen and oxygen atoms in total. The van der Waals surface area contributed by atoms with Gasteiger partial charge < -0.3 is 14.8 Å². The number of hydrogen-bond donors (Lipinski definition) is 1. The molecule has 3 aromatic rings. The van der Waals surface area contributed by atoms with Gasteiger partial charge in [0.15, 0.2) is 12.4 Å². The van der Waals surface area contributed by atoms with E-state index in [9.17, 15) is 9.59 Å². The van der Waals surface area contributed by atoms with Crippen LogP contribution in [0.1, 0.15) is 15.9 Å². The number of carbonyl (C=O) groups excluding carboxylic acids is 2. The molecule has 0 aliphatic heterocycles. The third kappa shape index (κ3) is 4.73. The summed E-state index contributed by atoms with van der Waals surface area (Å²) in [4.78, 5) is 24.8. The van der Waals surface area contributed by atoms with Gasteiger partial charge in [0.1, 0.15) is 11.5 Å². The molecule has 0 aromatic heterocycles. The number of ether oxygens (including phenoxy) is 2. The van der Waals surface area contributed by atoms with Crippen LogP contribution in [0.5, 0.6) is 11.5 Å². The van der Waals surface area contributed by atoms with Gasteiger partial charge >= 0.3 is 0 Å². The molecule has 0 bridgehead atoms. The summed E-state index contributed by atoms with van der Waals surface area (Å²) >= 11 is 0. The molecule has 27 heavy (non-hydrogen) atoms. The number of ketones is 1. The first-order valence-corrected chi connectivity index (χ1v) is 8.43. The number of benzene rings is 3. The lowest BCUT2D eigenvalue weighted by Crippen LogP contribution is -2.20. The van der Waals surface area contributed by atoms with Crippen LogP contribution in [0.3, 0.4) is 0 Å². The fraction of sp³-hybridized carbons (Fsp3) is 0.0909. The second-order valence-electron chi connectivity index (χ2n) is 5.76. The molecular weight excluding hydrogens is 342 g/mol. The van der Waals surface area contributed by atoms with Crippen LogP contribution in [0.25, 0.3) is 0 Å². The molecular formula is C22H19NO4. The number of methoxy groups -OCH3 is 1. The van der Waals surface area contributed by atoms with E-state index in [-0.39, 0.29) is 18.3 Å². The van der Waals surface area contributed by atoms with E-state index in [1.54, 1.807) is 54.6 Å². The van der Waals surface area contributed by atoms with Crippen LogP contribution in [0.4, 0.5) is 5.69 Å². The molecule has 0 saturated heterocycles. The number of anilines is 1. The highest BCUT2D eigenvalue weighted by molar-refractivity contribution is 6.10. The van der Waals surface area contributed by atoms with Crippen molar-refractivity contribution in [3.8, 4) is 11.5 Å². The van der Waals surface area contributed by atoms with Crippen molar-refractivity contribution in [1.29, 1.82) is 0 Å². The average Bonchev–Trinajstić information content (AvgIpc) is 2.73. The Bertz CT molecular complexity index is 924. The van der Waals surface area contributed by atoms with Gasteiger partial charge in [-0.05, 0) is 30.3 Å². The second kappa shape index (κ2) is 8.67. The first-order chi connectivity index (χ1) is 13.2. The molecule has 5 heteroatoms. The zero-order chi connectivity index (χ0) is 19.1. The van der Waals surface area contributed by atoms with Crippen molar-refractivity contribution in [2.24, 2.45) is 0 Å². The number of carbonyl (C=O) groups is 2. The molecule has 0 spiro atoms. The predicted octanol–water partition coefficient (Wildman–Crippen LogP) is 3.94. The van der Waals surface area contributed by atoms with Gasteiger partial charge in [-0.2, -0.15) is 0 Å². The van der Waals surface area contributed by atoms with Crippen molar-refractivity contribution in [1.82, 2.24) is 0 Å². The summed E-state index contributed by atoms with van der Waals surface area (Å²) in [5.41, 5.74) is 1.45. The Labute approximate surface area is 157 Å². The molecule has 0 heterocycles. The first-order valence-electron chi connectivity index (χ1n) is 8.43. The molecule has 0 aliphatic carbocycles. The standard InChI is InChI=1S/C22H19NO4/c1-26-20-13-12-17(22(25)16-8-4-2-5-9-16)14-19(20)23-21(24)15-27-18-10-6-3-7-11-18/h2-14H,15H2,1H3,(H,23,24). The summed E-state index contributed by atoms with van der Waals surface area (Å²) in [6.07, 6.45) is 0. The van der Waals surface area contributed by atoms with Gasteiger partial charge in [-0.3, -0.25) is 9.59 Å². The quantitative estimate of drug-likeness (QED) is 0.647. The molecule has 136 valence electrons. The fourth-order valence-corrected chi connectivity index (χ4v) is 2.55. The maximum Gasteiger partial charge on any atom is 0.262 e. The van der Waals surface area contributed by atoms with Crippen molar-refractivity contribution in [2.75, 3.05) is 19.0 Å². The number of nitrogens with one attached hydrogen (secondary N) is 1. The third-order valence-electron chi connectivity index (χ3n) is 3.88. The maximum atomic E-state index is 12.6. The molecule has 1 N–H and O–H groups in total. The Morgan fingerprint density at radius 3 is 2.19 bits per heavy atom. The van der Waals surface area contributed by atoms with Crippen LogP contribution in [0, 0.1) is 0 Å². The summed E-state index contributed by atoms with van der Waals surface area (Å²) in [7, 11) is 1.50. The van der Waals surface area contributed by atoms with E-state index in [0.29, 0.717) is 28.3 Å². The summed E-state index contributed by atoms with van der Waals surface area (Å²) in [6, 6.07) is 23.0. The van der Waals surface area contributed by atoms with Gasteiger partial charge in [-0.15, -0.1) is 0 Å². The van der Waals surface area contributed by atoms with Crippen LogP contribution in [0.2, 0.25) is 0 Å². The number of amides is 1. The monoisotopic (exact) mass is 361 g/mol. The fourth-order valence-electron chi connectivity index (χ4n) is 2.55. The first kappa shape index (κ1) is 18.2. The van der Waals surface area contributed by atoms with Gasteiger partial charge in [0.2, 0.25) is 0 Å². The lowest BCUT2D eigenvalue weighted by atomic mass is 10.0. The van der Waals surface area contributed by atoms with Gasteiger partial charge in [0, 0.05) is 11.1 Å². The van der Waals surface area contributed by atoms with E-state index in [2.05, 4.69) is 5.32 Å². The number of hydrogen-bond acceptors (Lipinski definition) is 4. The normalized spacial score (nSPS) is 10.1. The van der Waals surface area contributed by atoms with E-state index in [1.807, 2.05) is 24.3 Å². The minimum Gasteiger partial charge on any atom is -0.495 e. The van der Waals surface area contributed by atoms with E-state index >= 15 is 0 Å². The second-order valence-corrected chi connectivity index (χ2v) is 5.76. The van der Waals surface area contributed by atoms with E-state index in [4.69, 9.17) is 9.47 Å². The smallest absolute Gasteiger partial charge is 0.262 e. The Morgan fingerprint density at radius 2 is 1.52 bits per heavy atom. The largest absolute Gasteiger partial charge is 0.495 e. The molecule has 0 unspecified atom stereocenters. The van der Waals surface area contributed by atoms with Crippen molar-refractivity contribution >= 4 is 17.4 Å².